The number of benzene rings is 4. The van der Waals surface area contributed by atoms with E-state index in [1.54, 1.807) is 14.2 Å². The smallest absolute Gasteiger partial charge is 0.142 e. The molecule has 5 aromatic rings. The number of ether oxygens (including phenoxy) is 4. The Hall–Kier alpha value is -4.38. The zero-order chi connectivity index (χ0) is 24.0. The first kappa shape index (κ1) is 22.4. The molecule has 5 heteroatoms. The molecule has 0 saturated heterocycles. The second-order valence-electron chi connectivity index (χ2n) is 8.09. The zero-order valence-corrected chi connectivity index (χ0v) is 19.7. The van der Waals surface area contributed by atoms with E-state index in [1.165, 1.54) is 0 Å². The van der Waals surface area contributed by atoms with E-state index in [9.17, 15) is 0 Å². The average Bonchev–Trinajstić information content (AvgIpc) is 3.36. The van der Waals surface area contributed by atoms with Crippen molar-refractivity contribution in [1.29, 1.82) is 0 Å². The normalized spacial score (nSPS) is 10.8. The Balaban J connectivity index is 1.49. The zero-order valence-electron chi connectivity index (χ0n) is 19.7. The van der Waals surface area contributed by atoms with Crippen LogP contribution in [0, 0.1) is 0 Å². The van der Waals surface area contributed by atoms with E-state index in [-0.39, 0.29) is 0 Å². The Morgan fingerprint density at radius 2 is 1.20 bits per heavy atom. The molecule has 0 aliphatic carbocycles. The molecule has 1 aromatic heterocycles. The van der Waals surface area contributed by atoms with Gasteiger partial charge in [0.15, 0.2) is 0 Å². The number of hydrogen-bond donors (Lipinski definition) is 0. The van der Waals surface area contributed by atoms with Crippen LogP contribution in [0.1, 0.15) is 11.1 Å². The van der Waals surface area contributed by atoms with E-state index in [1.807, 2.05) is 97.1 Å². The summed E-state index contributed by atoms with van der Waals surface area (Å²) in [5, 5.41) is 0.866. The molecule has 0 saturated carbocycles. The van der Waals surface area contributed by atoms with Gasteiger partial charge in [-0.1, -0.05) is 60.7 Å². The van der Waals surface area contributed by atoms with Crippen LogP contribution < -0.4 is 18.9 Å². The van der Waals surface area contributed by atoms with Gasteiger partial charge in [0.2, 0.25) is 0 Å². The highest BCUT2D eigenvalue weighted by atomic mass is 16.5. The molecule has 176 valence electrons. The van der Waals surface area contributed by atoms with Crippen molar-refractivity contribution in [2.24, 2.45) is 0 Å². The fourth-order valence-corrected chi connectivity index (χ4v) is 3.87. The average molecular weight is 467 g/mol. The molecule has 0 spiro atoms. The minimum Gasteiger partial charge on any atom is -0.496 e. The number of fused-ring (bicyclic) bond motifs is 1. The lowest BCUT2D eigenvalue weighted by atomic mass is 10.1. The molecule has 35 heavy (non-hydrogen) atoms. The van der Waals surface area contributed by atoms with Crippen molar-refractivity contribution in [3.05, 3.63) is 108 Å². The molecule has 0 amide bonds. The van der Waals surface area contributed by atoms with Gasteiger partial charge in [-0.25, -0.2) is 0 Å². The van der Waals surface area contributed by atoms with Gasteiger partial charge >= 0.3 is 0 Å². The molecule has 5 nitrogen and oxygen atoms in total. The van der Waals surface area contributed by atoms with E-state index in [0.717, 1.165) is 22.1 Å². The first-order chi connectivity index (χ1) is 17.2. The Morgan fingerprint density at radius 3 is 1.74 bits per heavy atom. The maximum atomic E-state index is 6.20. The van der Waals surface area contributed by atoms with Gasteiger partial charge in [0.1, 0.15) is 47.6 Å². The van der Waals surface area contributed by atoms with Crippen LogP contribution in [0.15, 0.2) is 101 Å². The predicted octanol–water partition coefficient (Wildman–Crippen LogP) is 7.28. The van der Waals surface area contributed by atoms with Gasteiger partial charge in [0, 0.05) is 23.8 Å². The largest absolute Gasteiger partial charge is 0.496 e. The van der Waals surface area contributed by atoms with Crippen molar-refractivity contribution in [1.82, 2.24) is 0 Å². The van der Waals surface area contributed by atoms with Gasteiger partial charge in [0.25, 0.3) is 0 Å². The quantitative estimate of drug-likeness (QED) is 0.229. The number of methoxy groups -OCH3 is 2. The van der Waals surface area contributed by atoms with Gasteiger partial charge in [-0.05, 0) is 29.3 Å². The molecule has 5 rings (SSSR count). The van der Waals surface area contributed by atoms with Crippen LogP contribution in [0.3, 0.4) is 0 Å². The lowest BCUT2D eigenvalue weighted by Gasteiger charge is -2.12. The number of rotatable bonds is 9. The fourth-order valence-electron chi connectivity index (χ4n) is 3.87. The van der Waals surface area contributed by atoms with Gasteiger partial charge in [-0.3, -0.25) is 0 Å². The van der Waals surface area contributed by atoms with Crippen molar-refractivity contribution in [2.45, 2.75) is 13.2 Å². The SMILES string of the molecule is COc1cc(OC)c2cc(-c3cc(OCc4ccccc4)cc(OCc4ccccc4)c3)oc2c1. The number of furan rings is 1. The highest BCUT2D eigenvalue weighted by Crippen LogP contribution is 2.39. The first-order valence-electron chi connectivity index (χ1n) is 11.4. The van der Waals surface area contributed by atoms with Crippen molar-refractivity contribution in [3.63, 3.8) is 0 Å². The summed E-state index contributed by atoms with van der Waals surface area (Å²) in [6.45, 7) is 0.904. The van der Waals surface area contributed by atoms with Crippen molar-refractivity contribution in [2.75, 3.05) is 14.2 Å². The molecular weight excluding hydrogens is 440 g/mol. The van der Waals surface area contributed by atoms with E-state index >= 15 is 0 Å². The van der Waals surface area contributed by atoms with Gasteiger partial charge < -0.3 is 23.4 Å². The van der Waals surface area contributed by atoms with Gasteiger partial charge in [-0.15, -0.1) is 0 Å². The van der Waals surface area contributed by atoms with E-state index in [0.29, 0.717) is 47.6 Å². The summed E-state index contributed by atoms with van der Waals surface area (Å²) in [4.78, 5) is 0. The standard InChI is InChI=1S/C30H26O5/c1-31-24-16-29(32-2)27-18-28(35-30(27)17-24)23-13-25(33-19-21-9-5-3-6-10-21)15-26(14-23)34-20-22-11-7-4-8-12-22/h3-18H,19-20H2,1-2H3. The summed E-state index contributed by atoms with van der Waals surface area (Å²) in [6, 6.07) is 31.6. The molecule has 4 aromatic carbocycles. The highest BCUT2D eigenvalue weighted by molar-refractivity contribution is 5.90. The van der Waals surface area contributed by atoms with Crippen LogP contribution in [-0.4, -0.2) is 14.2 Å². The molecule has 0 bridgehead atoms. The summed E-state index contributed by atoms with van der Waals surface area (Å²) in [6.07, 6.45) is 0. The van der Waals surface area contributed by atoms with Crippen molar-refractivity contribution < 1.29 is 23.4 Å². The molecule has 0 N–H and O–H groups in total. The maximum Gasteiger partial charge on any atom is 0.142 e. The molecule has 0 atom stereocenters. The van der Waals surface area contributed by atoms with E-state index < -0.39 is 0 Å². The molecule has 1 heterocycles. The number of hydrogen-bond acceptors (Lipinski definition) is 5. The third-order valence-electron chi connectivity index (χ3n) is 5.69. The monoisotopic (exact) mass is 466 g/mol. The van der Waals surface area contributed by atoms with Crippen LogP contribution in [0.2, 0.25) is 0 Å². The fraction of sp³-hybridized carbons (Fsp3) is 0.133. The second-order valence-corrected chi connectivity index (χ2v) is 8.09. The minimum absolute atomic E-state index is 0.452. The van der Waals surface area contributed by atoms with Crippen LogP contribution in [0.4, 0.5) is 0 Å². The predicted molar refractivity (Wildman–Crippen MR) is 136 cm³/mol. The summed E-state index contributed by atoms with van der Waals surface area (Å²) >= 11 is 0. The Kier molecular flexibility index (Phi) is 6.57. The summed E-state index contributed by atoms with van der Waals surface area (Å²) in [5.41, 5.74) is 3.70. The van der Waals surface area contributed by atoms with E-state index in [4.69, 9.17) is 23.4 Å². The highest BCUT2D eigenvalue weighted by Gasteiger charge is 2.15. The molecule has 0 radical (unpaired) electrons. The van der Waals surface area contributed by atoms with Crippen LogP contribution in [0.25, 0.3) is 22.3 Å². The minimum atomic E-state index is 0.452. The summed E-state index contributed by atoms with van der Waals surface area (Å²) in [5.74, 6) is 3.42. The molecule has 0 aliphatic rings. The lowest BCUT2D eigenvalue weighted by molar-refractivity contribution is 0.290. The van der Waals surface area contributed by atoms with Crippen LogP contribution >= 0.6 is 0 Å². The third-order valence-corrected chi connectivity index (χ3v) is 5.69. The molecule has 0 aliphatic heterocycles. The maximum absolute atomic E-state index is 6.20. The van der Waals surface area contributed by atoms with E-state index in [2.05, 4.69) is 0 Å². The van der Waals surface area contributed by atoms with Gasteiger partial charge in [-0.2, -0.15) is 0 Å². The second kappa shape index (κ2) is 10.3. The summed E-state index contributed by atoms with van der Waals surface area (Å²) in [7, 11) is 3.25. The Labute approximate surface area is 204 Å². The van der Waals surface area contributed by atoms with Crippen LogP contribution in [-0.2, 0) is 13.2 Å². The van der Waals surface area contributed by atoms with Gasteiger partial charge in [0.05, 0.1) is 19.6 Å². The molecular formula is C30H26O5. The molecule has 0 fully saturated rings. The Morgan fingerprint density at radius 1 is 0.600 bits per heavy atom. The van der Waals surface area contributed by atoms with Crippen molar-refractivity contribution >= 4 is 11.0 Å². The lowest BCUT2D eigenvalue weighted by Crippen LogP contribution is -1.98. The topological polar surface area (TPSA) is 50.1 Å². The van der Waals surface area contributed by atoms with Crippen LogP contribution in [0.5, 0.6) is 23.0 Å². The Bertz CT molecular complexity index is 1350. The molecule has 0 unspecified atom stereocenters. The first-order valence-corrected chi connectivity index (χ1v) is 11.4. The van der Waals surface area contributed by atoms with Crippen molar-refractivity contribution in [3.8, 4) is 34.3 Å². The summed E-state index contributed by atoms with van der Waals surface area (Å²) < 4.78 is 29.4. The third kappa shape index (κ3) is 5.25.